The van der Waals surface area contributed by atoms with Crippen LogP contribution < -0.4 is 15.8 Å². The van der Waals surface area contributed by atoms with Crippen molar-refractivity contribution in [2.24, 2.45) is 0 Å². The smallest absolute Gasteiger partial charge is 0.260 e. The van der Waals surface area contributed by atoms with Crippen LogP contribution in [0.1, 0.15) is 0 Å². The van der Waals surface area contributed by atoms with Gasteiger partial charge in [0.15, 0.2) is 0 Å². The lowest BCUT2D eigenvalue weighted by Gasteiger charge is -2.27. The summed E-state index contributed by atoms with van der Waals surface area (Å²) in [5.41, 5.74) is 0.538. The van der Waals surface area contributed by atoms with Crippen molar-refractivity contribution >= 4 is 29.3 Å². The van der Waals surface area contributed by atoms with E-state index in [0.717, 1.165) is 26.2 Å². The third kappa shape index (κ3) is 2.30. The van der Waals surface area contributed by atoms with Gasteiger partial charge in [-0.25, -0.2) is 4.98 Å². The first-order chi connectivity index (χ1) is 8.34. The maximum Gasteiger partial charge on any atom is 0.260 e. The highest BCUT2D eigenvalue weighted by molar-refractivity contribution is 5.85. The summed E-state index contributed by atoms with van der Waals surface area (Å²) in [6.45, 7) is 3.53. The Bertz CT molecular complexity index is 593. The summed E-state index contributed by atoms with van der Waals surface area (Å²) >= 11 is 0. The van der Waals surface area contributed by atoms with Gasteiger partial charge in [-0.15, -0.1) is 12.4 Å². The predicted octanol–water partition coefficient (Wildman–Crippen LogP) is 0.149. The van der Waals surface area contributed by atoms with Gasteiger partial charge in [0.25, 0.3) is 5.56 Å². The second kappa shape index (κ2) is 5.32. The second-order valence-corrected chi connectivity index (χ2v) is 4.02. The largest absolute Gasteiger partial charge is 0.340 e. The quantitative estimate of drug-likeness (QED) is 0.769. The Morgan fingerprint density at radius 3 is 2.83 bits per heavy atom. The van der Waals surface area contributed by atoms with E-state index in [1.807, 2.05) is 0 Å². The van der Waals surface area contributed by atoms with E-state index >= 15 is 0 Å². The summed E-state index contributed by atoms with van der Waals surface area (Å²) in [5, 5.41) is 3.84. The molecule has 2 aromatic heterocycles. The van der Waals surface area contributed by atoms with Crippen LogP contribution in [0.25, 0.3) is 10.9 Å². The maximum absolute atomic E-state index is 11.9. The average molecular weight is 268 g/mol. The Hall–Kier alpha value is -1.66. The molecule has 6 nitrogen and oxygen atoms in total. The molecule has 0 bridgehead atoms. The number of hydrogen-bond donors (Lipinski definition) is 2. The molecule has 0 amide bonds. The minimum atomic E-state index is -0.106. The number of fused-ring (bicyclic) bond motifs is 1. The van der Waals surface area contributed by atoms with Gasteiger partial charge in [-0.2, -0.15) is 0 Å². The fraction of sp³-hybridized carbons (Fsp3) is 0.364. The zero-order chi connectivity index (χ0) is 11.7. The van der Waals surface area contributed by atoms with Gasteiger partial charge in [0.2, 0.25) is 5.95 Å². The number of piperazine rings is 1. The van der Waals surface area contributed by atoms with Crippen LogP contribution >= 0.6 is 12.4 Å². The Labute approximate surface area is 110 Å². The van der Waals surface area contributed by atoms with Crippen LogP contribution in [0.4, 0.5) is 5.95 Å². The Morgan fingerprint density at radius 1 is 1.28 bits per heavy atom. The number of rotatable bonds is 1. The third-order valence-corrected chi connectivity index (χ3v) is 2.91. The van der Waals surface area contributed by atoms with Crippen molar-refractivity contribution < 1.29 is 0 Å². The average Bonchev–Trinajstić information content (AvgIpc) is 2.40. The molecule has 96 valence electrons. The fourth-order valence-corrected chi connectivity index (χ4v) is 2.00. The highest BCUT2D eigenvalue weighted by atomic mass is 35.5. The highest BCUT2D eigenvalue weighted by Crippen LogP contribution is 2.10. The molecule has 0 atom stereocenters. The summed E-state index contributed by atoms with van der Waals surface area (Å²) in [5.74, 6) is 0.636. The Morgan fingerprint density at radius 2 is 2.06 bits per heavy atom. The highest BCUT2D eigenvalue weighted by Gasteiger charge is 2.13. The molecule has 0 unspecified atom stereocenters. The van der Waals surface area contributed by atoms with E-state index < -0.39 is 0 Å². The predicted molar refractivity (Wildman–Crippen MR) is 72.5 cm³/mol. The van der Waals surface area contributed by atoms with Gasteiger partial charge in [0.05, 0.1) is 17.1 Å². The number of anilines is 1. The van der Waals surface area contributed by atoms with Crippen molar-refractivity contribution in [3.05, 3.63) is 28.8 Å². The molecule has 18 heavy (non-hydrogen) atoms. The monoisotopic (exact) mass is 267 g/mol. The van der Waals surface area contributed by atoms with Crippen molar-refractivity contribution in [3.8, 4) is 0 Å². The zero-order valence-electron chi connectivity index (χ0n) is 9.72. The first-order valence-electron chi connectivity index (χ1n) is 5.64. The molecule has 2 aromatic rings. The summed E-state index contributed by atoms with van der Waals surface area (Å²) in [6.07, 6.45) is 3.22. The third-order valence-electron chi connectivity index (χ3n) is 2.91. The first-order valence-corrected chi connectivity index (χ1v) is 5.64. The molecule has 3 rings (SSSR count). The van der Waals surface area contributed by atoms with Crippen molar-refractivity contribution in [2.75, 3.05) is 31.1 Å². The molecule has 3 heterocycles. The van der Waals surface area contributed by atoms with Gasteiger partial charge in [0, 0.05) is 32.4 Å². The lowest BCUT2D eigenvalue weighted by Crippen LogP contribution is -2.44. The van der Waals surface area contributed by atoms with Gasteiger partial charge in [0.1, 0.15) is 0 Å². The Kier molecular flexibility index (Phi) is 3.78. The summed E-state index contributed by atoms with van der Waals surface area (Å²) in [4.78, 5) is 25.2. The molecule has 1 aliphatic heterocycles. The SMILES string of the molecule is Cl.O=c1[nH]c(N2CCNCC2)nc2cnccc12. The minimum absolute atomic E-state index is 0. The summed E-state index contributed by atoms with van der Waals surface area (Å²) < 4.78 is 0. The van der Waals surface area contributed by atoms with Crippen LogP contribution in [0.3, 0.4) is 0 Å². The van der Waals surface area contributed by atoms with Crippen LogP contribution in [-0.4, -0.2) is 41.1 Å². The van der Waals surface area contributed by atoms with E-state index in [1.165, 1.54) is 0 Å². The molecule has 0 aliphatic carbocycles. The molecular weight excluding hydrogens is 254 g/mol. The molecule has 1 aliphatic rings. The van der Waals surface area contributed by atoms with E-state index in [4.69, 9.17) is 0 Å². The summed E-state index contributed by atoms with van der Waals surface area (Å²) in [6, 6.07) is 1.68. The zero-order valence-corrected chi connectivity index (χ0v) is 10.5. The van der Waals surface area contributed by atoms with Crippen molar-refractivity contribution in [3.63, 3.8) is 0 Å². The first kappa shape index (κ1) is 12.8. The number of nitrogens with zero attached hydrogens (tertiary/aromatic N) is 3. The van der Waals surface area contributed by atoms with E-state index in [1.54, 1.807) is 18.5 Å². The van der Waals surface area contributed by atoms with Crippen LogP contribution in [0, 0.1) is 0 Å². The molecule has 2 N–H and O–H groups in total. The number of aromatic amines is 1. The van der Waals surface area contributed by atoms with E-state index in [2.05, 4.69) is 25.2 Å². The number of halogens is 1. The van der Waals surface area contributed by atoms with Gasteiger partial charge in [-0.3, -0.25) is 14.8 Å². The van der Waals surface area contributed by atoms with Gasteiger partial charge in [-0.05, 0) is 6.07 Å². The standard InChI is InChI=1S/C11H13N5O.ClH/c17-10-8-1-2-13-7-9(8)14-11(15-10)16-5-3-12-4-6-16;/h1-2,7,12H,3-6H2,(H,14,15,17);1H. The molecule has 1 fully saturated rings. The van der Waals surface area contributed by atoms with Gasteiger partial charge < -0.3 is 10.2 Å². The number of pyridine rings is 1. The van der Waals surface area contributed by atoms with Crippen LogP contribution in [0.15, 0.2) is 23.3 Å². The molecule has 0 saturated carbocycles. The second-order valence-electron chi connectivity index (χ2n) is 4.02. The van der Waals surface area contributed by atoms with Gasteiger partial charge in [-0.1, -0.05) is 0 Å². The van der Waals surface area contributed by atoms with E-state index in [9.17, 15) is 4.79 Å². The molecule has 0 spiro atoms. The van der Waals surface area contributed by atoms with Crippen molar-refractivity contribution in [1.82, 2.24) is 20.3 Å². The minimum Gasteiger partial charge on any atom is -0.340 e. The molecule has 1 saturated heterocycles. The number of hydrogen-bond acceptors (Lipinski definition) is 5. The number of H-pyrrole nitrogens is 1. The van der Waals surface area contributed by atoms with Crippen LogP contribution in [-0.2, 0) is 0 Å². The molecule has 7 heteroatoms. The van der Waals surface area contributed by atoms with Crippen LogP contribution in [0.2, 0.25) is 0 Å². The number of aromatic nitrogens is 3. The lowest BCUT2D eigenvalue weighted by molar-refractivity contribution is 0.580. The Balaban J connectivity index is 0.00000120. The lowest BCUT2D eigenvalue weighted by atomic mass is 10.3. The fourth-order valence-electron chi connectivity index (χ4n) is 2.00. The van der Waals surface area contributed by atoms with Crippen molar-refractivity contribution in [2.45, 2.75) is 0 Å². The van der Waals surface area contributed by atoms with Gasteiger partial charge >= 0.3 is 0 Å². The summed E-state index contributed by atoms with van der Waals surface area (Å²) in [7, 11) is 0. The van der Waals surface area contributed by atoms with E-state index in [-0.39, 0.29) is 18.0 Å². The molecular formula is C11H14ClN5O. The maximum atomic E-state index is 11.9. The topological polar surface area (TPSA) is 73.9 Å². The molecule has 0 radical (unpaired) electrons. The van der Waals surface area contributed by atoms with Crippen molar-refractivity contribution in [1.29, 1.82) is 0 Å². The molecule has 0 aromatic carbocycles. The van der Waals surface area contributed by atoms with E-state index in [0.29, 0.717) is 16.9 Å². The normalized spacial score (nSPS) is 15.4. The number of nitrogens with one attached hydrogen (secondary N) is 2. The van der Waals surface area contributed by atoms with Crippen LogP contribution in [0.5, 0.6) is 0 Å².